The van der Waals surface area contributed by atoms with E-state index in [1.807, 2.05) is 17.8 Å². The van der Waals surface area contributed by atoms with Crippen molar-refractivity contribution in [2.24, 2.45) is 12.8 Å². The molecular formula is C12H15N5O. The molecule has 2 aromatic rings. The second-order valence-electron chi connectivity index (χ2n) is 3.92. The summed E-state index contributed by atoms with van der Waals surface area (Å²) in [6.45, 7) is 0.752. The molecule has 94 valence electrons. The summed E-state index contributed by atoms with van der Waals surface area (Å²) in [5, 5.41) is 7.27. The summed E-state index contributed by atoms with van der Waals surface area (Å²) in [6.07, 6.45) is 4.10. The number of aryl methyl sites for hydroxylation is 1. The molecule has 0 aliphatic rings. The molecule has 0 aromatic carbocycles. The highest BCUT2D eigenvalue weighted by atomic mass is 16.1. The van der Waals surface area contributed by atoms with E-state index < -0.39 is 5.91 Å². The first kappa shape index (κ1) is 12.1. The Balaban J connectivity index is 1.87. The van der Waals surface area contributed by atoms with Crippen molar-refractivity contribution < 1.29 is 4.79 Å². The molecule has 6 nitrogen and oxygen atoms in total. The number of hydrogen-bond acceptors (Lipinski definition) is 4. The molecular weight excluding hydrogens is 230 g/mol. The van der Waals surface area contributed by atoms with Gasteiger partial charge in [0.15, 0.2) is 0 Å². The molecule has 0 atom stereocenters. The van der Waals surface area contributed by atoms with E-state index in [-0.39, 0.29) is 0 Å². The Morgan fingerprint density at radius 1 is 1.44 bits per heavy atom. The highest BCUT2D eigenvalue weighted by Crippen LogP contribution is 2.05. The van der Waals surface area contributed by atoms with Crippen LogP contribution in [0.5, 0.6) is 0 Å². The van der Waals surface area contributed by atoms with E-state index >= 15 is 0 Å². The van der Waals surface area contributed by atoms with E-state index in [9.17, 15) is 4.79 Å². The van der Waals surface area contributed by atoms with Crippen LogP contribution in [0.15, 0.2) is 30.6 Å². The Bertz CT molecular complexity index is 532. The maximum atomic E-state index is 10.9. The number of aromatic nitrogens is 3. The summed E-state index contributed by atoms with van der Waals surface area (Å²) in [4.78, 5) is 15.0. The maximum absolute atomic E-state index is 10.9. The van der Waals surface area contributed by atoms with Gasteiger partial charge in [-0.2, -0.15) is 5.10 Å². The number of amides is 1. The normalized spacial score (nSPS) is 10.3. The second kappa shape index (κ2) is 5.31. The molecule has 0 unspecified atom stereocenters. The number of anilines is 1. The summed E-state index contributed by atoms with van der Waals surface area (Å²) in [5.74, 6) is 0.256. The molecule has 2 heterocycles. The summed E-state index contributed by atoms with van der Waals surface area (Å²) in [7, 11) is 1.91. The van der Waals surface area contributed by atoms with Crippen LogP contribution in [-0.2, 0) is 13.5 Å². The fraction of sp³-hybridized carbons (Fsp3) is 0.250. The molecule has 1 amide bonds. The van der Waals surface area contributed by atoms with Crippen LogP contribution in [0.3, 0.4) is 0 Å². The van der Waals surface area contributed by atoms with Gasteiger partial charge in [-0.15, -0.1) is 0 Å². The third-order valence-electron chi connectivity index (χ3n) is 2.66. The van der Waals surface area contributed by atoms with Gasteiger partial charge in [0, 0.05) is 38.1 Å². The molecule has 2 rings (SSSR count). The minimum absolute atomic E-state index is 0.409. The van der Waals surface area contributed by atoms with Crippen molar-refractivity contribution in [2.45, 2.75) is 6.42 Å². The van der Waals surface area contributed by atoms with E-state index in [0.29, 0.717) is 5.56 Å². The van der Waals surface area contributed by atoms with Gasteiger partial charge in [-0.05, 0) is 18.2 Å². The van der Waals surface area contributed by atoms with Crippen molar-refractivity contribution in [3.05, 3.63) is 41.9 Å². The van der Waals surface area contributed by atoms with Crippen molar-refractivity contribution in [1.29, 1.82) is 0 Å². The van der Waals surface area contributed by atoms with Crippen LogP contribution >= 0.6 is 0 Å². The molecule has 0 saturated carbocycles. The first-order valence-electron chi connectivity index (χ1n) is 5.63. The Labute approximate surface area is 105 Å². The van der Waals surface area contributed by atoms with Crippen LogP contribution in [0.25, 0.3) is 0 Å². The third-order valence-corrected chi connectivity index (χ3v) is 2.66. The van der Waals surface area contributed by atoms with Crippen LogP contribution in [0.1, 0.15) is 16.1 Å². The molecule has 0 aliphatic carbocycles. The molecule has 2 aromatic heterocycles. The quantitative estimate of drug-likeness (QED) is 0.806. The third kappa shape index (κ3) is 2.85. The number of rotatable bonds is 5. The standard InChI is InChI=1S/C12H15N5O/c1-17-10(5-7-16-17)4-6-14-11-3-2-9(8-15-11)12(13)18/h2-3,5,7-8H,4,6H2,1H3,(H2,13,18)(H,14,15). The summed E-state index contributed by atoms with van der Waals surface area (Å²) >= 11 is 0. The number of pyridine rings is 1. The van der Waals surface area contributed by atoms with Gasteiger partial charge in [0.25, 0.3) is 0 Å². The minimum Gasteiger partial charge on any atom is -0.370 e. The average Bonchev–Trinajstić information content (AvgIpc) is 2.76. The van der Waals surface area contributed by atoms with E-state index in [0.717, 1.165) is 24.5 Å². The van der Waals surface area contributed by atoms with Crippen molar-refractivity contribution >= 4 is 11.7 Å². The Hall–Kier alpha value is -2.37. The van der Waals surface area contributed by atoms with Gasteiger partial charge < -0.3 is 11.1 Å². The van der Waals surface area contributed by atoms with Crippen LogP contribution in [0.4, 0.5) is 5.82 Å². The van der Waals surface area contributed by atoms with E-state index in [4.69, 9.17) is 5.73 Å². The Morgan fingerprint density at radius 2 is 2.28 bits per heavy atom. The topological polar surface area (TPSA) is 85.8 Å². The lowest BCUT2D eigenvalue weighted by Crippen LogP contribution is -2.12. The van der Waals surface area contributed by atoms with Crippen LogP contribution < -0.4 is 11.1 Å². The number of carbonyl (C=O) groups excluding carboxylic acids is 1. The minimum atomic E-state index is -0.469. The van der Waals surface area contributed by atoms with Crippen LogP contribution in [-0.4, -0.2) is 27.2 Å². The van der Waals surface area contributed by atoms with Crippen molar-refractivity contribution in [1.82, 2.24) is 14.8 Å². The molecule has 0 fully saturated rings. The first-order valence-corrected chi connectivity index (χ1v) is 5.63. The lowest BCUT2D eigenvalue weighted by Gasteiger charge is -2.06. The van der Waals surface area contributed by atoms with Crippen molar-refractivity contribution in [3.63, 3.8) is 0 Å². The zero-order valence-electron chi connectivity index (χ0n) is 10.1. The lowest BCUT2D eigenvalue weighted by atomic mass is 10.2. The van der Waals surface area contributed by atoms with Crippen LogP contribution in [0, 0.1) is 0 Å². The average molecular weight is 245 g/mol. The van der Waals surface area contributed by atoms with E-state index in [2.05, 4.69) is 15.4 Å². The van der Waals surface area contributed by atoms with Gasteiger partial charge >= 0.3 is 0 Å². The smallest absolute Gasteiger partial charge is 0.250 e. The zero-order chi connectivity index (χ0) is 13.0. The second-order valence-corrected chi connectivity index (χ2v) is 3.92. The molecule has 0 aliphatic heterocycles. The van der Waals surface area contributed by atoms with Gasteiger partial charge in [0.2, 0.25) is 5.91 Å². The van der Waals surface area contributed by atoms with Gasteiger partial charge in [-0.3, -0.25) is 9.48 Å². The largest absolute Gasteiger partial charge is 0.370 e. The van der Waals surface area contributed by atoms with E-state index in [1.165, 1.54) is 6.20 Å². The number of nitrogens with zero attached hydrogens (tertiary/aromatic N) is 3. The van der Waals surface area contributed by atoms with Gasteiger partial charge in [0.1, 0.15) is 5.82 Å². The molecule has 0 saturated heterocycles. The van der Waals surface area contributed by atoms with Gasteiger partial charge in [0.05, 0.1) is 5.56 Å². The van der Waals surface area contributed by atoms with Crippen molar-refractivity contribution in [2.75, 3.05) is 11.9 Å². The molecule has 0 spiro atoms. The number of hydrogen-bond donors (Lipinski definition) is 2. The fourth-order valence-electron chi connectivity index (χ4n) is 1.61. The molecule has 3 N–H and O–H groups in total. The number of carbonyl (C=O) groups is 1. The van der Waals surface area contributed by atoms with Crippen LogP contribution in [0.2, 0.25) is 0 Å². The predicted molar refractivity (Wildman–Crippen MR) is 68.2 cm³/mol. The van der Waals surface area contributed by atoms with E-state index in [1.54, 1.807) is 18.3 Å². The molecule has 0 radical (unpaired) electrons. The number of nitrogens with two attached hydrogens (primary N) is 1. The zero-order valence-corrected chi connectivity index (χ0v) is 10.1. The number of nitrogens with one attached hydrogen (secondary N) is 1. The van der Waals surface area contributed by atoms with Gasteiger partial charge in [-0.25, -0.2) is 4.98 Å². The maximum Gasteiger partial charge on any atom is 0.250 e. The lowest BCUT2D eigenvalue weighted by molar-refractivity contribution is 0.1000. The fourth-order valence-corrected chi connectivity index (χ4v) is 1.61. The molecule has 18 heavy (non-hydrogen) atoms. The SMILES string of the molecule is Cn1nccc1CCNc1ccc(C(N)=O)cn1. The monoisotopic (exact) mass is 245 g/mol. The summed E-state index contributed by atoms with van der Waals surface area (Å²) in [6, 6.07) is 5.37. The summed E-state index contributed by atoms with van der Waals surface area (Å²) < 4.78 is 1.84. The van der Waals surface area contributed by atoms with Gasteiger partial charge in [-0.1, -0.05) is 0 Å². The Kier molecular flexibility index (Phi) is 3.57. The first-order chi connectivity index (χ1) is 8.66. The predicted octanol–water partition coefficient (Wildman–Crippen LogP) is 0.569. The highest BCUT2D eigenvalue weighted by Gasteiger charge is 2.01. The molecule has 0 bridgehead atoms. The Morgan fingerprint density at radius 3 is 2.83 bits per heavy atom. The molecule has 6 heteroatoms. The summed E-state index contributed by atoms with van der Waals surface area (Å²) in [5.41, 5.74) is 6.69. The van der Waals surface area contributed by atoms with Crippen molar-refractivity contribution in [3.8, 4) is 0 Å². The number of primary amides is 1. The highest BCUT2D eigenvalue weighted by molar-refractivity contribution is 5.92.